The maximum Gasteiger partial charge on any atom is 0.203 e. The maximum atomic E-state index is 4.40. The Hall–Kier alpha value is -0.990. The van der Waals surface area contributed by atoms with Crippen LogP contribution in [0.25, 0.3) is 0 Å². The molecule has 0 saturated carbocycles. The van der Waals surface area contributed by atoms with Gasteiger partial charge in [0.25, 0.3) is 0 Å². The van der Waals surface area contributed by atoms with E-state index in [1.54, 1.807) is 0 Å². The molecule has 1 rings (SSSR count). The molecule has 1 aromatic rings. The van der Waals surface area contributed by atoms with Crippen molar-refractivity contribution in [2.75, 3.05) is 5.32 Å². The standard InChI is InChI=1S/C10H19N3/c1-6-10(3,4)12-9-11-8(2)7-13(9)5/h7H,6H2,1-5H3,(H,11,12). The van der Waals surface area contributed by atoms with Gasteiger partial charge in [-0.05, 0) is 27.2 Å². The third kappa shape index (κ3) is 2.47. The Balaban J connectivity index is 2.79. The Labute approximate surface area is 80.2 Å². The molecule has 0 aliphatic heterocycles. The number of imidazole rings is 1. The van der Waals surface area contributed by atoms with Crippen LogP contribution in [0.4, 0.5) is 5.95 Å². The first kappa shape index (κ1) is 10.1. The Morgan fingerprint density at radius 2 is 2.15 bits per heavy atom. The second kappa shape index (κ2) is 3.40. The summed E-state index contributed by atoms with van der Waals surface area (Å²) in [7, 11) is 2.01. The van der Waals surface area contributed by atoms with Crippen LogP contribution in [0.2, 0.25) is 0 Å². The van der Waals surface area contributed by atoms with Gasteiger partial charge < -0.3 is 9.88 Å². The molecule has 1 N–H and O–H groups in total. The molecule has 3 nitrogen and oxygen atoms in total. The van der Waals surface area contributed by atoms with E-state index in [4.69, 9.17) is 0 Å². The molecule has 0 fully saturated rings. The van der Waals surface area contributed by atoms with E-state index >= 15 is 0 Å². The average molecular weight is 181 g/mol. The minimum Gasteiger partial charge on any atom is -0.351 e. The van der Waals surface area contributed by atoms with Crippen molar-refractivity contribution >= 4 is 5.95 Å². The van der Waals surface area contributed by atoms with Crippen LogP contribution < -0.4 is 5.32 Å². The zero-order valence-corrected chi connectivity index (χ0v) is 9.18. The summed E-state index contributed by atoms with van der Waals surface area (Å²) in [5.74, 6) is 0.948. The monoisotopic (exact) mass is 181 g/mol. The molecule has 74 valence electrons. The topological polar surface area (TPSA) is 29.9 Å². The van der Waals surface area contributed by atoms with Gasteiger partial charge in [0.05, 0.1) is 5.69 Å². The molecular formula is C10H19N3. The van der Waals surface area contributed by atoms with E-state index in [0.717, 1.165) is 18.1 Å². The molecule has 0 bridgehead atoms. The first-order chi connectivity index (χ1) is 5.94. The summed E-state index contributed by atoms with van der Waals surface area (Å²) < 4.78 is 2.02. The van der Waals surface area contributed by atoms with Gasteiger partial charge in [-0.15, -0.1) is 0 Å². The van der Waals surface area contributed by atoms with E-state index in [-0.39, 0.29) is 5.54 Å². The molecule has 0 radical (unpaired) electrons. The highest BCUT2D eigenvalue weighted by molar-refractivity contribution is 5.31. The highest BCUT2D eigenvalue weighted by Crippen LogP contribution is 2.16. The molecule has 0 aliphatic carbocycles. The van der Waals surface area contributed by atoms with Crippen LogP contribution in [0.1, 0.15) is 32.9 Å². The predicted molar refractivity (Wildman–Crippen MR) is 55.9 cm³/mol. The second-order valence-corrected chi connectivity index (χ2v) is 4.18. The lowest BCUT2D eigenvalue weighted by Gasteiger charge is -2.24. The van der Waals surface area contributed by atoms with Crippen molar-refractivity contribution in [2.45, 2.75) is 39.7 Å². The van der Waals surface area contributed by atoms with Crippen LogP contribution in [0, 0.1) is 6.92 Å². The number of hydrogen-bond acceptors (Lipinski definition) is 2. The third-order valence-corrected chi connectivity index (χ3v) is 2.33. The first-order valence-electron chi connectivity index (χ1n) is 4.73. The van der Waals surface area contributed by atoms with Crippen LogP contribution >= 0.6 is 0 Å². The van der Waals surface area contributed by atoms with Crippen LogP contribution in [-0.4, -0.2) is 15.1 Å². The fourth-order valence-corrected chi connectivity index (χ4v) is 1.12. The van der Waals surface area contributed by atoms with Gasteiger partial charge >= 0.3 is 0 Å². The summed E-state index contributed by atoms with van der Waals surface area (Å²) in [4.78, 5) is 4.40. The number of anilines is 1. The van der Waals surface area contributed by atoms with E-state index in [0.29, 0.717) is 0 Å². The molecule has 0 spiro atoms. The molecule has 0 amide bonds. The average Bonchev–Trinajstić information content (AvgIpc) is 2.30. The molecule has 3 heteroatoms. The molecule has 0 aliphatic rings. The third-order valence-electron chi connectivity index (χ3n) is 2.33. The number of aromatic nitrogens is 2. The lowest BCUT2D eigenvalue weighted by atomic mass is 10.0. The summed E-state index contributed by atoms with van der Waals surface area (Å²) in [6.45, 7) is 8.53. The number of hydrogen-bond donors (Lipinski definition) is 1. The van der Waals surface area contributed by atoms with E-state index in [2.05, 4.69) is 31.1 Å². The van der Waals surface area contributed by atoms with Gasteiger partial charge in [0.2, 0.25) is 5.95 Å². The highest BCUT2D eigenvalue weighted by atomic mass is 15.2. The highest BCUT2D eigenvalue weighted by Gasteiger charge is 2.16. The Morgan fingerprint density at radius 3 is 2.54 bits per heavy atom. The zero-order chi connectivity index (χ0) is 10.1. The van der Waals surface area contributed by atoms with Crippen molar-refractivity contribution in [3.63, 3.8) is 0 Å². The van der Waals surface area contributed by atoms with Crippen molar-refractivity contribution in [1.29, 1.82) is 0 Å². The van der Waals surface area contributed by atoms with E-state index < -0.39 is 0 Å². The van der Waals surface area contributed by atoms with Crippen molar-refractivity contribution in [1.82, 2.24) is 9.55 Å². The Morgan fingerprint density at radius 1 is 1.54 bits per heavy atom. The summed E-state index contributed by atoms with van der Waals surface area (Å²) >= 11 is 0. The molecule has 0 atom stereocenters. The van der Waals surface area contributed by atoms with Gasteiger partial charge in [0.1, 0.15) is 0 Å². The fourth-order valence-electron chi connectivity index (χ4n) is 1.12. The van der Waals surface area contributed by atoms with Crippen molar-refractivity contribution < 1.29 is 0 Å². The summed E-state index contributed by atoms with van der Waals surface area (Å²) in [6, 6.07) is 0. The maximum absolute atomic E-state index is 4.40. The molecule has 0 saturated heterocycles. The van der Waals surface area contributed by atoms with Gasteiger partial charge in [-0.1, -0.05) is 6.92 Å². The summed E-state index contributed by atoms with van der Waals surface area (Å²) in [5, 5.41) is 3.41. The molecule has 1 heterocycles. The Bertz CT molecular complexity index is 286. The summed E-state index contributed by atoms with van der Waals surface area (Å²) in [5.41, 5.74) is 1.17. The first-order valence-corrected chi connectivity index (χ1v) is 4.73. The van der Waals surface area contributed by atoms with Crippen molar-refractivity contribution in [2.24, 2.45) is 7.05 Å². The Kier molecular flexibility index (Phi) is 2.64. The SMILES string of the molecule is CCC(C)(C)Nc1nc(C)cn1C. The normalized spacial score (nSPS) is 11.8. The van der Waals surface area contributed by atoms with Gasteiger partial charge in [-0.2, -0.15) is 0 Å². The lowest BCUT2D eigenvalue weighted by molar-refractivity contribution is 0.539. The van der Waals surface area contributed by atoms with Gasteiger partial charge in [-0.3, -0.25) is 0 Å². The lowest BCUT2D eigenvalue weighted by Crippen LogP contribution is -2.31. The van der Waals surface area contributed by atoms with Gasteiger partial charge in [0.15, 0.2) is 0 Å². The van der Waals surface area contributed by atoms with Crippen molar-refractivity contribution in [3.05, 3.63) is 11.9 Å². The number of nitrogens with one attached hydrogen (secondary N) is 1. The van der Waals surface area contributed by atoms with E-state index in [1.165, 1.54) is 0 Å². The molecule has 13 heavy (non-hydrogen) atoms. The van der Waals surface area contributed by atoms with Crippen LogP contribution in [0.3, 0.4) is 0 Å². The predicted octanol–water partition coefficient (Wildman–Crippen LogP) is 2.33. The zero-order valence-electron chi connectivity index (χ0n) is 9.18. The van der Waals surface area contributed by atoms with Crippen LogP contribution in [0.15, 0.2) is 6.20 Å². The quantitative estimate of drug-likeness (QED) is 0.775. The van der Waals surface area contributed by atoms with Gasteiger partial charge in [0, 0.05) is 18.8 Å². The molecule has 1 aromatic heterocycles. The molecular weight excluding hydrogens is 162 g/mol. The molecule has 0 unspecified atom stereocenters. The minimum atomic E-state index is 0.117. The van der Waals surface area contributed by atoms with E-state index in [1.807, 2.05) is 24.7 Å². The fraction of sp³-hybridized carbons (Fsp3) is 0.700. The number of nitrogens with zero attached hydrogens (tertiary/aromatic N) is 2. The summed E-state index contributed by atoms with van der Waals surface area (Å²) in [6.07, 6.45) is 3.10. The van der Waals surface area contributed by atoms with Crippen LogP contribution in [0.5, 0.6) is 0 Å². The number of rotatable bonds is 3. The van der Waals surface area contributed by atoms with Gasteiger partial charge in [-0.25, -0.2) is 4.98 Å². The number of aryl methyl sites for hydroxylation is 2. The van der Waals surface area contributed by atoms with Crippen molar-refractivity contribution in [3.8, 4) is 0 Å². The minimum absolute atomic E-state index is 0.117. The smallest absolute Gasteiger partial charge is 0.203 e. The van der Waals surface area contributed by atoms with Crippen LogP contribution in [-0.2, 0) is 7.05 Å². The molecule has 0 aromatic carbocycles. The largest absolute Gasteiger partial charge is 0.351 e. The van der Waals surface area contributed by atoms with E-state index in [9.17, 15) is 0 Å². The second-order valence-electron chi connectivity index (χ2n) is 4.18.